The van der Waals surface area contributed by atoms with Crippen molar-refractivity contribution >= 4 is 23.1 Å². The Bertz CT molecular complexity index is 416. The zero-order chi connectivity index (χ0) is 13.9. The van der Waals surface area contributed by atoms with Gasteiger partial charge in [0.05, 0.1) is 5.57 Å². The van der Waals surface area contributed by atoms with Crippen molar-refractivity contribution in [1.29, 1.82) is 0 Å². The van der Waals surface area contributed by atoms with Crippen LogP contribution >= 0.6 is 12.2 Å². The molecule has 0 bridgehead atoms. The Morgan fingerprint density at radius 2 is 2.17 bits per heavy atom. The maximum atomic E-state index is 12.0. The number of carbonyl (C=O) groups excluding carboxylic acids is 1. The highest BCUT2D eigenvalue weighted by atomic mass is 32.1. The molecule has 1 atom stereocenters. The van der Waals surface area contributed by atoms with E-state index in [0.29, 0.717) is 16.9 Å². The highest BCUT2D eigenvalue weighted by molar-refractivity contribution is 7.81. The molecule has 3 nitrogen and oxygen atoms in total. The fourth-order valence-electron chi connectivity index (χ4n) is 1.63. The maximum Gasteiger partial charge on any atom is 0.339 e. The number of hydrogen-bond donors (Lipinski definition) is 1. The van der Waals surface area contributed by atoms with Crippen LogP contribution in [0.3, 0.4) is 0 Å². The van der Waals surface area contributed by atoms with Gasteiger partial charge >= 0.3 is 5.97 Å². The molecule has 1 rings (SSSR count). The lowest BCUT2D eigenvalue weighted by Crippen LogP contribution is -2.29. The molecule has 18 heavy (non-hydrogen) atoms. The number of allylic oxidation sites excluding steroid dienone is 1. The molecule has 0 aromatic rings. The molecule has 2 N–H and O–H groups in total. The summed E-state index contributed by atoms with van der Waals surface area (Å²) in [5.41, 5.74) is 6.90. The van der Waals surface area contributed by atoms with E-state index in [1.807, 2.05) is 33.8 Å². The average Bonchev–Trinajstić information content (AvgIpc) is 2.26. The maximum absolute atomic E-state index is 12.0. The summed E-state index contributed by atoms with van der Waals surface area (Å²) in [4.78, 5) is 12.7. The molecule has 0 aromatic carbocycles. The first kappa shape index (κ1) is 15.1. The Hall–Kier alpha value is -1.00. The normalized spacial score (nSPS) is 17.9. The summed E-state index contributed by atoms with van der Waals surface area (Å²) in [6.07, 6.45) is 5.18. The van der Waals surface area contributed by atoms with Gasteiger partial charge in [0.1, 0.15) is 5.60 Å². The second kappa shape index (κ2) is 5.76. The van der Waals surface area contributed by atoms with Crippen LogP contribution in [0.25, 0.3) is 0 Å². The van der Waals surface area contributed by atoms with Crippen LogP contribution in [0.4, 0.5) is 0 Å². The molecule has 0 amide bonds. The summed E-state index contributed by atoms with van der Waals surface area (Å²) in [5, 5.41) is 0. The zero-order valence-corrected chi connectivity index (χ0v) is 12.3. The van der Waals surface area contributed by atoms with Gasteiger partial charge in [-0.25, -0.2) is 4.79 Å². The molecule has 0 fully saturated rings. The number of ether oxygens (including phenoxy) is 1. The van der Waals surface area contributed by atoms with Crippen LogP contribution in [0.15, 0.2) is 23.3 Å². The van der Waals surface area contributed by atoms with Crippen molar-refractivity contribution < 1.29 is 9.53 Å². The Balaban J connectivity index is 2.92. The molecule has 0 aliphatic heterocycles. The van der Waals surface area contributed by atoms with Crippen molar-refractivity contribution in [2.75, 3.05) is 0 Å². The van der Waals surface area contributed by atoms with Crippen LogP contribution in [0.5, 0.6) is 0 Å². The third kappa shape index (κ3) is 4.03. The molecule has 0 saturated carbocycles. The SMILES string of the molecule is CCC(N)C1=CCC(=S)C(C(=O)OC(C)(C)C)=C1. The van der Waals surface area contributed by atoms with E-state index in [0.717, 1.165) is 12.0 Å². The number of nitrogens with two attached hydrogens (primary N) is 1. The van der Waals surface area contributed by atoms with Crippen molar-refractivity contribution in [1.82, 2.24) is 0 Å². The Labute approximate surface area is 114 Å². The van der Waals surface area contributed by atoms with Gasteiger partial charge in [0.15, 0.2) is 0 Å². The number of thiocarbonyl (C=S) groups is 1. The molecule has 0 heterocycles. The molecule has 4 heteroatoms. The minimum Gasteiger partial charge on any atom is -0.456 e. The number of carbonyl (C=O) groups is 1. The van der Waals surface area contributed by atoms with Crippen molar-refractivity contribution in [3.63, 3.8) is 0 Å². The molecule has 0 saturated heterocycles. The van der Waals surface area contributed by atoms with Gasteiger partial charge in [-0.15, -0.1) is 0 Å². The van der Waals surface area contributed by atoms with E-state index >= 15 is 0 Å². The van der Waals surface area contributed by atoms with Gasteiger partial charge in [-0.05, 0) is 38.8 Å². The number of hydrogen-bond acceptors (Lipinski definition) is 4. The van der Waals surface area contributed by atoms with Crippen LogP contribution in [0.2, 0.25) is 0 Å². The summed E-state index contributed by atoms with van der Waals surface area (Å²) < 4.78 is 5.35. The predicted molar refractivity (Wildman–Crippen MR) is 77.5 cm³/mol. The van der Waals surface area contributed by atoms with E-state index in [9.17, 15) is 4.79 Å². The van der Waals surface area contributed by atoms with Gasteiger partial charge in [-0.1, -0.05) is 25.2 Å². The molecule has 0 radical (unpaired) electrons. The van der Waals surface area contributed by atoms with E-state index in [1.165, 1.54) is 0 Å². The third-order valence-electron chi connectivity index (χ3n) is 2.62. The highest BCUT2D eigenvalue weighted by Gasteiger charge is 2.25. The first-order chi connectivity index (χ1) is 8.24. The lowest BCUT2D eigenvalue weighted by molar-refractivity contribution is -0.149. The summed E-state index contributed by atoms with van der Waals surface area (Å²) in [6, 6.07) is -0.0504. The third-order valence-corrected chi connectivity index (χ3v) is 3.01. The van der Waals surface area contributed by atoms with Crippen LogP contribution in [-0.2, 0) is 9.53 Å². The van der Waals surface area contributed by atoms with E-state index in [-0.39, 0.29) is 12.0 Å². The van der Waals surface area contributed by atoms with Gasteiger partial charge in [-0.3, -0.25) is 0 Å². The average molecular weight is 267 g/mol. The van der Waals surface area contributed by atoms with E-state index < -0.39 is 5.60 Å². The summed E-state index contributed by atoms with van der Waals surface area (Å²) in [5.74, 6) is -0.360. The molecular weight excluding hydrogens is 246 g/mol. The molecular formula is C14H21NO2S. The Kier molecular flexibility index (Phi) is 4.82. The topological polar surface area (TPSA) is 52.3 Å². The van der Waals surface area contributed by atoms with Crippen LogP contribution in [0.1, 0.15) is 40.5 Å². The van der Waals surface area contributed by atoms with E-state index in [2.05, 4.69) is 0 Å². The lowest BCUT2D eigenvalue weighted by atomic mass is 9.94. The van der Waals surface area contributed by atoms with Crippen LogP contribution < -0.4 is 5.73 Å². The van der Waals surface area contributed by atoms with Gasteiger partial charge in [0, 0.05) is 17.3 Å². The monoisotopic (exact) mass is 267 g/mol. The quantitative estimate of drug-likeness (QED) is 0.631. The fourth-order valence-corrected chi connectivity index (χ4v) is 1.85. The smallest absolute Gasteiger partial charge is 0.339 e. The fraction of sp³-hybridized carbons (Fsp3) is 0.571. The summed E-state index contributed by atoms with van der Waals surface area (Å²) >= 11 is 5.21. The lowest BCUT2D eigenvalue weighted by Gasteiger charge is -2.23. The van der Waals surface area contributed by atoms with Crippen molar-refractivity contribution in [2.24, 2.45) is 5.73 Å². The minimum atomic E-state index is -0.512. The van der Waals surface area contributed by atoms with E-state index in [4.69, 9.17) is 22.7 Å². The number of rotatable bonds is 3. The van der Waals surface area contributed by atoms with E-state index in [1.54, 1.807) is 6.08 Å². The predicted octanol–water partition coefficient (Wildman–Crippen LogP) is 2.69. The largest absolute Gasteiger partial charge is 0.456 e. The van der Waals surface area contributed by atoms with Gasteiger partial charge in [0.25, 0.3) is 0 Å². The molecule has 1 unspecified atom stereocenters. The van der Waals surface area contributed by atoms with Gasteiger partial charge in [-0.2, -0.15) is 0 Å². The van der Waals surface area contributed by atoms with Crippen molar-refractivity contribution in [2.45, 2.75) is 52.2 Å². The first-order valence-electron chi connectivity index (χ1n) is 6.18. The zero-order valence-electron chi connectivity index (χ0n) is 11.4. The first-order valence-corrected chi connectivity index (χ1v) is 6.59. The molecule has 0 spiro atoms. The molecule has 0 aromatic heterocycles. The molecule has 1 aliphatic rings. The molecule has 1 aliphatic carbocycles. The Morgan fingerprint density at radius 1 is 1.56 bits per heavy atom. The van der Waals surface area contributed by atoms with Gasteiger partial charge in [0.2, 0.25) is 0 Å². The number of esters is 1. The van der Waals surface area contributed by atoms with Crippen LogP contribution in [0, 0.1) is 0 Å². The second-order valence-electron chi connectivity index (χ2n) is 5.41. The summed E-state index contributed by atoms with van der Waals surface area (Å²) in [6.45, 7) is 7.53. The highest BCUT2D eigenvalue weighted by Crippen LogP contribution is 2.21. The van der Waals surface area contributed by atoms with Gasteiger partial charge < -0.3 is 10.5 Å². The van der Waals surface area contributed by atoms with Crippen LogP contribution in [-0.4, -0.2) is 22.5 Å². The summed E-state index contributed by atoms with van der Waals surface area (Å²) in [7, 11) is 0. The second-order valence-corrected chi connectivity index (χ2v) is 5.90. The Morgan fingerprint density at radius 3 is 2.67 bits per heavy atom. The standard InChI is InChI=1S/C14H21NO2S/c1-5-11(15)9-6-7-12(18)10(8-9)13(16)17-14(2,3)4/h6,8,11H,5,7,15H2,1-4H3. The van der Waals surface area contributed by atoms with Crippen molar-refractivity contribution in [3.8, 4) is 0 Å². The molecule has 100 valence electrons. The minimum absolute atomic E-state index is 0.0504. The van der Waals surface area contributed by atoms with Crippen molar-refractivity contribution in [3.05, 3.63) is 23.3 Å².